The van der Waals surface area contributed by atoms with Crippen LogP contribution in [0.3, 0.4) is 0 Å². The monoisotopic (exact) mass is 284 g/mol. The van der Waals surface area contributed by atoms with Gasteiger partial charge >= 0.3 is 0 Å². The largest absolute Gasteiger partial charge is 0.338 e. The molecule has 0 bridgehead atoms. The molecule has 1 aliphatic heterocycles. The summed E-state index contributed by atoms with van der Waals surface area (Å²) in [4.78, 5) is 29.6. The molecule has 20 heavy (non-hydrogen) atoms. The second-order valence-corrected chi connectivity index (χ2v) is 5.86. The van der Waals surface area contributed by atoms with Crippen LogP contribution >= 0.6 is 0 Å². The average Bonchev–Trinajstić information content (AvgIpc) is 2.44. The SMILES string of the molecule is CC[C@H](C)[C@H](N)C(=O)N1CCN(C(=O)CN(C)C)CC1. The van der Waals surface area contributed by atoms with Crippen LogP contribution in [0.15, 0.2) is 0 Å². The third-order valence-electron chi connectivity index (χ3n) is 3.94. The first-order valence-electron chi connectivity index (χ1n) is 7.33. The smallest absolute Gasteiger partial charge is 0.239 e. The van der Waals surface area contributed by atoms with Gasteiger partial charge in [-0.3, -0.25) is 9.59 Å². The number of amides is 2. The topological polar surface area (TPSA) is 69.9 Å². The van der Waals surface area contributed by atoms with Crippen LogP contribution in [0.4, 0.5) is 0 Å². The maximum atomic E-state index is 12.2. The molecule has 2 amide bonds. The number of piperazine rings is 1. The predicted octanol–water partition coefficient (Wildman–Crippen LogP) is -0.408. The number of likely N-dealkylation sites (N-methyl/N-ethyl adjacent to an activating group) is 1. The molecule has 0 unspecified atom stereocenters. The molecule has 0 aromatic heterocycles. The van der Waals surface area contributed by atoms with Crippen molar-refractivity contribution < 1.29 is 9.59 Å². The summed E-state index contributed by atoms with van der Waals surface area (Å²) in [5.41, 5.74) is 5.98. The van der Waals surface area contributed by atoms with Crippen molar-refractivity contribution in [2.24, 2.45) is 11.7 Å². The zero-order valence-electron chi connectivity index (χ0n) is 13.1. The molecule has 1 heterocycles. The molecule has 2 atom stereocenters. The summed E-state index contributed by atoms with van der Waals surface area (Å²) in [5, 5.41) is 0. The lowest BCUT2D eigenvalue weighted by molar-refractivity contribution is -0.141. The van der Waals surface area contributed by atoms with Gasteiger partial charge in [-0.2, -0.15) is 0 Å². The van der Waals surface area contributed by atoms with E-state index in [1.54, 1.807) is 4.90 Å². The summed E-state index contributed by atoms with van der Waals surface area (Å²) in [6, 6.07) is -0.427. The number of hydrogen-bond donors (Lipinski definition) is 1. The van der Waals surface area contributed by atoms with Crippen LogP contribution in [-0.4, -0.2) is 79.4 Å². The van der Waals surface area contributed by atoms with Gasteiger partial charge < -0.3 is 20.4 Å². The van der Waals surface area contributed by atoms with E-state index in [1.807, 2.05) is 37.7 Å². The van der Waals surface area contributed by atoms with Crippen LogP contribution < -0.4 is 5.73 Å². The first-order valence-corrected chi connectivity index (χ1v) is 7.33. The molecule has 0 radical (unpaired) electrons. The highest BCUT2D eigenvalue weighted by atomic mass is 16.2. The molecule has 1 aliphatic rings. The standard InChI is InChI=1S/C14H28N4O2/c1-5-11(2)13(15)14(20)18-8-6-17(7-9-18)12(19)10-16(3)4/h11,13H,5-10,15H2,1-4H3/t11-,13-/m0/s1. The van der Waals surface area contributed by atoms with Crippen molar-refractivity contribution in [3.05, 3.63) is 0 Å². The number of nitrogens with two attached hydrogens (primary N) is 1. The van der Waals surface area contributed by atoms with Crippen molar-refractivity contribution in [1.29, 1.82) is 0 Å². The van der Waals surface area contributed by atoms with E-state index >= 15 is 0 Å². The van der Waals surface area contributed by atoms with E-state index in [0.717, 1.165) is 6.42 Å². The minimum absolute atomic E-state index is 0.0130. The van der Waals surface area contributed by atoms with E-state index in [9.17, 15) is 9.59 Å². The third-order valence-corrected chi connectivity index (χ3v) is 3.94. The van der Waals surface area contributed by atoms with Crippen molar-refractivity contribution in [2.75, 3.05) is 46.8 Å². The molecule has 0 aliphatic carbocycles. The van der Waals surface area contributed by atoms with Gasteiger partial charge in [0.05, 0.1) is 12.6 Å². The van der Waals surface area contributed by atoms with Gasteiger partial charge in [0.25, 0.3) is 0 Å². The normalized spacial score (nSPS) is 19.1. The van der Waals surface area contributed by atoms with Crippen molar-refractivity contribution >= 4 is 11.8 Å². The Labute approximate surface area is 121 Å². The Morgan fingerprint density at radius 3 is 2.10 bits per heavy atom. The molecule has 0 saturated carbocycles. The van der Waals surface area contributed by atoms with E-state index < -0.39 is 6.04 Å². The zero-order chi connectivity index (χ0) is 15.3. The summed E-state index contributed by atoms with van der Waals surface area (Å²) >= 11 is 0. The molecular weight excluding hydrogens is 256 g/mol. The highest BCUT2D eigenvalue weighted by molar-refractivity contribution is 5.83. The Hall–Kier alpha value is -1.14. The Morgan fingerprint density at radius 1 is 1.15 bits per heavy atom. The molecule has 1 rings (SSSR count). The van der Waals surface area contributed by atoms with Crippen molar-refractivity contribution in [3.63, 3.8) is 0 Å². The minimum atomic E-state index is -0.427. The van der Waals surface area contributed by atoms with Crippen LogP contribution in [0.5, 0.6) is 0 Å². The summed E-state index contributed by atoms with van der Waals surface area (Å²) in [6.07, 6.45) is 0.897. The first-order chi connectivity index (χ1) is 9.36. The van der Waals surface area contributed by atoms with E-state index in [2.05, 4.69) is 0 Å². The molecule has 6 nitrogen and oxygen atoms in total. The summed E-state index contributed by atoms with van der Waals surface area (Å²) in [7, 11) is 3.76. The Morgan fingerprint density at radius 2 is 1.65 bits per heavy atom. The van der Waals surface area contributed by atoms with E-state index in [1.165, 1.54) is 0 Å². The highest BCUT2D eigenvalue weighted by Gasteiger charge is 2.29. The summed E-state index contributed by atoms with van der Waals surface area (Å²) < 4.78 is 0. The Kier molecular flexibility index (Phi) is 6.42. The zero-order valence-corrected chi connectivity index (χ0v) is 13.1. The van der Waals surface area contributed by atoms with Gasteiger partial charge in [-0.25, -0.2) is 0 Å². The van der Waals surface area contributed by atoms with Crippen LogP contribution in [0.1, 0.15) is 20.3 Å². The highest BCUT2D eigenvalue weighted by Crippen LogP contribution is 2.11. The van der Waals surface area contributed by atoms with Gasteiger partial charge in [0.2, 0.25) is 11.8 Å². The fourth-order valence-corrected chi connectivity index (χ4v) is 2.25. The average molecular weight is 284 g/mol. The van der Waals surface area contributed by atoms with Crippen LogP contribution in [0.25, 0.3) is 0 Å². The number of hydrogen-bond acceptors (Lipinski definition) is 4. The second kappa shape index (κ2) is 7.59. The maximum Gasteiger partial charge on any atom is 0.239 e. The van der Waals surface area contributed by atoms with Crippen molar-refractivity contribution in [2.45, 2.75) is 26.3 Å². The van der Waals surface area contributed by atoms with E-state index in [-0.39, 0.29) is 17.7 Å². The molecule has 1 fully saturated rings. The van der Waals surface area contributed by atoms with Gasteiger partial charge in [0.1, 0.15) is 0 Å². The van der Waals surface area contributed by atoms with E-state index in [4.69, 9.17) is 5.73 Å². The van der Waals surface area contributed by atoms with Crippen LogP contribution in [0.2, 0.25) is 0 Å². The second-order valence-electron chi connectivity index (χ2n) is 5.86. The van der Waals surface area contributed by atoms with Gasteiger partial charge in [-0.05, 0) is 20.0 Å². The third kappa shape index (κ3) is 4.45. The lowest BCUT2D eigenvalue weighted by Gasteiger charge is -2.37. The predicted molar refractivity (Wildman–Crippen MR) is 79.1 cm³/mol. The van der Waals surface area contributed by atoms with Gasteiger partial charge in [0, 0.05) is 26.2 Å². The molecular formula is C14H28N4O2. The van der Waals surface area contributed by atoms with Crippen molar-refractivity contribution in [3.8, 4) is 0 Å². The van der Waals surface area contributed by atoms with Gasteiger partial charge in [0.15, 0.2) is 0 Å². The Bertz CT molecular complexity index is 338. The molecule has 116 valence electrons. The van der Waals surface area contributed by atoms with Crippen molar-refractivity contribution in [1.82, 2.24) is 14.7 Å². The lowest BCUT2D eigenvalue weighted by atomic mass is 9.98. The lowest BCUT2D eigenvalue weighted by Crippen LogP contribution is -2.56. The molecule has 0 spiro atoms. The fraction of sp³-hybridized carbons (Fsp3) is 0.857. The van der Waals surface area contributed by atoms with Crippen LogP contribution in [-0.2, 0) is 9.59 Å². The quantitative estimate of drug-likeness (QED) is 0.745. The molecule has 6 heteroatoms. The minimum Gasteiger partial charge on any atom is -0.338 e. The molecule has 0 aromatic rings. The number of carbonyl (C=O) groups excluding carboxylic acids is 2. The molecule has 2 N–H and O–H groups in total. The number of nitrogens with zero attached hydrogens (tertiary/aromatic N) is 3. The molecule has 0 aromatic carbocycles. The van der Waals surface area contributed by atoms with Gasteiger partial charge in [-0.15, -0.1) is 0 Å². The van der Waals surface area contributed by atoms with Gasteiger partial charge in [-0.1, -0.05) is 20.3 Å². The number of carbonyl (C=O) groups is 2. The maximum absolute atomic E-state index is 12.2. The first kappa shape index (κ1) is 16.9. The van der Waals surface area contributed by atoms with Crippen LogP contribution in [0, 0.1) is 5.92 Å². The summed E-state index contributed by atoms with van der Waals surface area (Å²) in [5.74, 6) is 0.322. The number of rotatable bonds is 5. The Balaban J connectivity index is 2.46. The summed E-state index contributed by atoms with van der Waals surface area (Å²) in [6.45, 7) is 6.83. The fourth-order valence-electron chi connectivity index (χ4n) is 2.25. The van der Waals surface area contributed by atoms with E-state index in [0.29, 0.717) is 32.7 Å². The molecule has 1 saturated heterocycles.